The highest BCUT2D eigenvalue weighted by atomic mass is 35.5. The Morgan fingerprint density at radius 3 is 2.39 bits per heavy atom. The molecule has 160 valence electrons. The van der Waals surface area contributed by atoms with Crippen LogP contribution in [-0.4, -0.2) is 41.0 Å². The third kappa shape index (κ3) is 5.93. The van der Waals surface area contributed by atoms with E-state index in [1.165, 1.54) is 6.07 Å². The zero-order valence-electron chi connectivity index (χ0n) is 16.9. The minimum Gasteiger partial charge on any atom is -0.481 e. The maximum Gasteiger partial charge on any atom is 0.308 e. The summed E-state index contributed by atoms with van der Waals surface area (Å²) >= 11 is 11.9. The van der Waals surface area contributed by atoms with Crippen molar-refractivity contribution in [1.82, 2.24) is 9.97 Å². The number of hydrogen-bond donors (Lipinski definition) is 2. The van der Waals surface area contributed by atoms with Crippen molar-refractivity contribution in [1.29, 1.82) is 0 Å². The molecule has 1 amide bonds. The van der Waals surface area contributed by atoms with E-state index in [-0.39, 0.29) is 12.3 Å². The first-order valence-electron chi connectivity index (χ1n) is 9.32. The molecule has 0 radical (unpaired) electrons. The molecule has 1 aromatic heterocycles. The second kappa shape index (κ2) is 9.76. The second-order valence-corrected chi connectivity index (χ2v) is 7.87. The van der Waals surface area contributed by atoms with Gasteiger partial charge in [-0.2, -0.15) is 0 Å². The largest absolute Gasteiger partial charge is 0.481 e. The molecule has 2 N–H and O–H groups in total. The van der Waals surface area contributed by atoms with Gasteiger partial charge in [0.2, 0.25) is 0 Å². The van der Waals surface area contributed by atoms with Crippen LogP contribution in [0.4, 0.5) is 11.5 Å². The predicted molar refractivity (Wildman–Crippen MR) is 121 cm³/mol. The van der Waals surface area contributed by atoms with Crippen molar-refractivity contribution < 1.29 is 14.7 Å². The lowest BCUT2D eigenvalue weighted by molar-refractivity contribution is -0.136. The summed E-state index contributed by atoms with van der Waals surface area (Å²) in [6.45, 7) is 0. The Hall–Kier alpha value is -3.16. The van der Waals surface area contributed by atoms with E-state index in [1.807, 2.05) is 26.2 Å². The Balaban J connectivity index is 1.70. The third-order valence-electron chi connectivity index (χ3n) is 4.41. The zero-order valence-corrected chi connectivity index (χ0v) is 18.4. The quantitative estimate of drug-likeness (QED) is 0.547. The fourth-order valence-electron chi connectivity index (χ4n) is 2.92. The fourth-order valence-corrected chi connectivity index (χ4v) is 3.22. The molecule has 0 unspecified atom stereocenters. The van der Waals surface area contributed by atoms with Gasteiger partial charge in [-0.05, 0) is 35.9 Å². The van der Waals surface area contributed by atoms with Gasteiger partial charge in [-0.1, -0.05) is 35.3 Å². The molecule has 0 saturated carbocycles. The highest BCUT2D eigenvalue weighted by Crippen LogP contribution is 2.23. The summed E-state index contributed by atoms with van der Waals surface area (Å²) in [5.74, 6) is -0.0689. The first kappa shape index (κ1) is 22.5. The van der Waals surface area contributed by atoms with Crippen molar-refractivity contribution >= 4 is 46.6 Å². The molecule has 0 aliphatic carbocycles. The molecule has 0 atom stereocenters. The Bertz CT molecular complexity index is 1120. The molecule has 1 heterocycles. The van der Waals surface area contributed by atoms with E-state index < -0.39 is 5.97 Å². The Kier molecular flexibility index (Phi) is 7.09. The predicted octanol–water partition coefficient (Wildman–Crippen LogP) is 4.32. The van der Waals surface area contributed by atoms with Crippen molar-refractivity contribution in [2.75, 3.05) is 24.3 Å². The summed E-state index contributed by atoms with van der Waals surface area (Å²) in [6.07, 6.45) is 1.88. The lowest BCUT2D eigenvalue weighted by Gasteiger charge is -2.16. The molecule has 0 bridgehead atoms. The van der Waals surface area contributed by atoms with Crippen LogP contribution in [0, 0.1) is 0 Å². The van der Waals surface area contributed by atoms with Gasteiger partial charge >= 0.3 is 5.97 Å². The fraction of sp³-hybridized carbons (Fsp3) is 0.182. The van der Waals surface area contributed by atoms with Gasteiger partial charge in [0.05, 0.1) is 16.5 Å². The Morgan fingerprint density at radius 2 is 1.77 bits per heavy atom. The molecule has 0 aliphatic rings. The summed E-state index contributed by atoms with van der Waals surface area (Å²) in [6, 6.07) is 12.0. The number of carbonyl (C=O) groups excluding carboxylic acids is 1. The number of anilines is 2. The number of aromatic nitrogens is 2. The standard InChI is InChI=1S/C22H20Cl2N4O3/c1-28(2)21-15(11-20(29)30)12-25-19(27-21)9-13-3-6-16(7-4-13)26-22(31)14-5-8-17(23)18(24)10-14/h3-8,10,12H,9,11H2,1-2H3,(H,26,31)(H,29,30). The number of carbonyl (C=O) groups is 2. The Labute approximate surface area is 189 Å². The first-order valence-corrected chi connectivity index (χ1v) is 10.1. The number of halogens is 2. The van der Waals surface area contributed by atoms with Crippen LogP contribution in [0.15, 0.2) is 48.7 Å². The first-order chi connectivity index (χ1) is 14.7. The van der Waals surface area contributed by atoms with Crippen LogP contribution in [0.3, 0.4) is 0 Å². The van der Waals surface area contributed by atoms with Gasteiger partial charge in [-0.25, -0.2) is 9.97 Å². The highest BCUT2D eigenvalue weighted by Gasteiger charge is 2.13. The number of aliphatic carboxylic acids is 1. The minimum atomic E-state index is -0.932. The summed E-state index contributed by atoms with van der Waals surface area (Å²) in [7, 11) is 3.62. The Morgan fingerprint density at radius 1 is 1.06 bits per heavy atom. The van der Waals surface area contributed by atoms with E-state index in [4.69, 9.17) is 28.3 Å². The number of carboxylic acid groups (broad SMARTS) is 1. The van der Waals surface area contributed by atoms with Crippen molar-refractivity contribution in [2.45, 2.75) is 12.8 Å². The number of carboxylic acids is 1. The maximum atomic E-state index is 12.4. The van der Waals surface area contributed by atoms with Crippen molar-refractivity contribution in [3.05, 3.63) is 81.2 Å². The van der Waals surface area contributed by atoms with E-state index in [2.05, 4.69) is 15.3 Å². The molecule has 7 nitrogen and oxygen atoms in total. The molecule has 9 heteroatoms. The van der Waals surface area contributed by atoms with Gasteiger partial charge in [0.15, 0.2) is 0 Å². The average molecular weight is 459 g/mol. The van der Waals surface area contributed by atoms with E-state index in [1.54, 1.807) is 35.4 Å². The lowest BCUT2D eigenvalue weighted by Crippen LogP contribution is -2.17. The number of nitrogens with one attached hydrogen (secondary N) is 1. The molecule has 0 spiro atoms. The zero-order chi connectivity index (χ0) is 22.5. The van der Waals surface area contributed by atoms with E-state index >= 15 is 0 Å². The van der Waals surface area contributed by atoms with Gasteiger partial charge in [0.1, 0.15) is 11.6 Å². The molecular formula is C22H20Cl2N4O3. The van der Waals surface area contributed by atoms with Crippen molar-refractivity contribution in [3.8, 4) is 0 Å². The molecule has 2 aromatic carbocycles. The average Bonchev–Trinajstić information content (AvgIpc) is 2.72. The number of benzene rings is 2. The second-order valence-electron chi connectivity index (χ2n) is 7.06. The highest BCUT2D eigenvalue weighted by molar-refractivity contribution is 6.42. The van der Waals surface area contributed by atoms with Gasteiger partial charge in [0, 0.05) is 43.5 Å². The maximum absolute atomic E-state index is 12.4. The third-order valence-corrected chi connectivity index (χ3v) is 5.15. The van der Waals surface area contributed by atoms with Gasteiger partial charge < -0.3 is 15.3 Å². The molecule has 0 aliphatic heterocycles. The SMILES string of the molecule is CN(C)c1nc(Cc2ccc(NC(=O)c3ccc(Cl)c(Cl)c3)cc2)ncc1CC(=O)O. The van der Waals surface area contributed by atoms with Crippen molar-refractivity contribution in [2.24, 2.45) is 0 Å². The van der Waals surface area contributed by atoms with Crippen LogP contribution < -0.4 is 10.2 Å². The molecule has 3 rings (SSSR count). The number of rotatable bonds is 7. The van der Waals surface area contributed by atoms with Gasteiger partial charge in [0.25, 0.3) is 5.91 Å². The van der Waals surface area contributed by atoms with E-state index in [0.717, 1.165) is 5.56 Å². The topological polar surface area (TPSA) is 95.4 Å². The normalized spacial score (nSPS) is 10.6. The number of nitrogens with zero attached hydrogens (tertiary/aromatic N) is 3. The van der Waals surface area contributed by atoms with Gasteiger partial charge in [-0.15, -0.1) is 0 Å². The van der Waals surface area contributed by atoms with Crippen LogP contribution in [0.25, 0.3) is 0 Å². The molecule has 0 saturated heterocycles. The smallest absolute Gasteiger partial charge is 0.308 e. The number of amides is 1. The monoisotopic (exact) mass is 458 g/mol. The lowest BCUT2D eigenvalue weighted by atomic mass is 10.1. The minimum absolute atomic E-state index is 0.138. The summed E-state index contributed by atoms with van der Waals surface area (Å²) in [5, 5.41) is 12.6. The number of hydrogen-bond acceptors (Lipinski definition) is 5. The summed E-state index contributed by atoms with van der Waals surface area (Å²) < 4.78 is 0. The molecular weight excluding hydrogens is 439 g/mol. The summed E-state index contributed by atoms with van der Waals surface area (Å²) in [5.41, 5.74) is 2.54. The van der Waals surface area contributed by atoms with Crippen LogP contribution >= 0.6 is 23.2 Å². The van der Waals surface area contributed by atoms with Crippen molar-refractivity contribution in [3.63, 3.8) is 0 Å². The molecule has 3 aromatic rings. The molecule has 31 heavy (non-hydrogen) atoms. The van der Waals surface area contributed by atoms with E-state index in [0.29, 0.717) is 44.9 Å². The van der Waals surface area contributed by atoms with E-state index in [9.17, 15) is 9.59 Å². The summed E-state index contributed by atoms with van der Waals surface area (Å²) in [4.78, 5) is 34.0. The van der Waals surface area contributed by atoms with Crippen LogP contribution in [0.2, 0.25) is 10.0 Å². The van der Waals surface area contributed by atoms with Crippen LogP contribution in [0.5, 0.6) is 0 Å². The molecule has 0 fully saturated rings. The van der Waals surface area contributed by atoms with Crippen LogP contribution in [-0.2, 0) is 17.6 Å². The van der Waals surface area contributed by atoms with Gasteiger partial charge in [-0.3, -0.25) is 9.59 Å². The van der Waals surface area contributed by atoms with Crippen LogP contribution in [0.1, 0.15) is 27.3 Å².